The van der Waals surface area contributed by atoms with Gasteiger partial charge in [0, 0.05) is 29.7 Å². The number of likely N-dealkylation sites (tertiary alicyclic amines) is 1. The number of piperidine rings is 1. The third kappa shape index (κ3) is 2.54. The average Bonchev–Trinajstić information content (AvgIpc) is 3.33. The fourth-order valence-electron chi connectivity index (χ4n) is 4.37. The fraction of sp³-hybridized carbons (Fsp3) is 0.286. The second-order valence-corrected chi connectivity index (χ2v) is 7.42. The Labute approximate surface area is 162 Å². The van der Waals surface area contributed by atoms with Crippen molar-refractivity contribution >= 4 is 28.4 Å². The molecule has 0 saturated carbocycles. The first-order valence-corrected chi connectivity index (χ1v) is 9.51. The number of para-hydroxylation sites is 1. The zero-order chi connectivity index (χ0) is 19.1. The van der Waals surface area contributed by atoms with Crippen molar-refractivity contribution < 1.29 is 9.59 Å². The lowest BCUT2D eigenvalue weighted by Crippen LogP contribution is -2.57. The van der Waals surface area contributed by atoms with Gasteiger partial charge < -0.3 is 15.1 Å². The molecular formula is C21H21N5O2. The predicted octanol–water partition coefficient (Wildman–Crippen LogP) is 2.13. The number of aromatic amines is 1. The Bertz CT molecular complexity index is 1040. The molecule has 0 atom stereocenters. The van der Waals surface area contributed by atoms with Crippen molar-refractivity contribution in [2.24, 2.45) is 0 Å². The number of hydrogen-bond acceptors (Lipinski definition) is 4. The van der Waals surface area contributed by atoms with Gasteiger partial charge in [-0.05, 0) is 43.2 Å². The van der Waals surface area contributed by atoms with E-state index >= 15 is 0 Å². The van der Waals surface area contributed by atoms with Gasteiger partial charge in [-0.2, -0.15) is 5.10 Å². The van der Waals surface area contributed by atoms with Crippen LogP contribution in [0.5, 0.6) is 0 Å². The second-order valence-electron chi connectivity index (χ2n) is 7.42. The summed E-state index contributed by atoms with van der Waals surface area (Å²) in [7, 11) is 0. The third-order valence-electron chi connectivity index (χ3n) is 5.97. The minimum atomic E-state index is -0.577. The highest BCUT2D eigenvalue weighted by atomic mass is 16.2. The number of hydrogen-bond donors (Lipinski definition) is 2. The van der Waals surface area contributed by atoms with E-state index in [2.05, 4.69) is 20.4 Å². The molecule has 2 fully saturated rings. The van der Waals surface area contributed by atoms with Gasteiger partial charge in [0.05, 0.1) is 18.4 Å². The summed E-state index contributed by atoms with van der Waals surface area (Å²) in [5.41, 5.74) is 2.02. The molecule has 0 aliphatic carbocycles. The number of H-pyrrole nitrogens is 1. The van der Waals surface area contributed by atoms with Gasteiger partial charge in [-0.3, -0.25) is 14.7 Å². The molecular weight excluding hydrogens is 354 g/mol. The standard InChI is InChI=1S/C21H21N5O2/c27-19(15-6-7-18-16(12-15)13-23-24-18)25-10-8-21(9-11-25)20(28)22-14-26(21)17-4-2-1-3-5-17/h1-7,12-13H,8-11,14H2,(H,22,28)(H,23,24). The van der Waals surface area contributed by atoms with E-state index in [1.165, 1.54) is 0 Å². The third-order valence-corrected chi connectivity index (χ3v) is 5.97. The number of aromatic nitrogens is 2. The topological polar surface area (TPSA) is 81.3 Å². The lowest BCUT2D eigenvalue weighted by Gasteiger charge is -2.43. The van der Waals surface area contributed by atoms with Crippen molar-refractivity contribution in [3.8, 4) is 0 Å². The summed E-state index contributed by atoms with van der Waals surface area (Å²) in [4.78, 5) is 29.7. The molecule has 3 heterocycles. The monoisotopic (exact) mass is 375 g/mol. The molecule has 2 amide bonds. The number of benzene rings is 2. The Balaban J connectivity index is 1.36. The van der Waals surface area contributed by atoms with Crippen molar-refractivity contribution in [3.05, 3.63) is 60.3 Å². The number of carbonyl (C=O) groups is 2. The molecule has 142 valence electrons. The van der Waals surface area contributed by atoms with E-state index in [-0.39, 0.29) is 11.8 Å². The van der Waals surface area contributed by atoms with Gasteiger partial charge in [-0.25, -0.2) is 0 Å². The SMILES string of the molecule is O=C(c1ccc2[nH]ncc2c1)N1CCC2(CC1)C(=O)NCN2c1ccccc1. The zero-order valence-electron chi connectivity index (χ0n) is 15.4. The predicted molar refractivity (Wildman–Crippen MR) is 106 cm³/mol. The molecule has 2 N–H and O–H groups in total. The number of fused-ring (bicyclic) bond motifs is 1. The maximum absolute atomic E-state index is 13.0. The molecule has 2 aliphatic rings. The quantitative estimate of drug-likeness (QED) is 0.719. The summed E-state index contributed by atoms with van der Waals surface area (Å²) < 4.78 is 0. The molecule has 7 nitrogen and oxygen atoms in total. The first kappa shape index (κ1) is 16.8. The number of carbonyl (C=O) groups excluding carboxylic acids is 2. The van der Waals surface area contributed by atoms with Crippen molar-refractivity contribution in [1.29, 1.82) is 0 Å². The summed E-state index contributed by atoms with van der Waals surface area (Å²) in [5.74, 6) is 0.0610. The molecule has 1 aromatic heterocycles. The van der Waals surface area contributed by atoms with Gasteiger partial charge in [0.1, 0.15) is 5.54 Å². The molecule has 7 heteroatoms. The first-order valence-electron chi connectivity index (χ1n) is 9.51. The van der Waals surface area contributed by atoms with Crippen LogP contribution in [0, 0.1) is 0 Å². The maximum Gasteiger partial charge on any atom is 0.253 e. The van der Waals surface area contributed by atoms with Crippen LogP contribution in [-0.4, -0.2) is 52.2 Å². The Morgan fingerprint density at radius 1 is 1.07 bits per heavy atom. The molecule has 2 aliphatic heterocycles. The van der Waals surface area contributed by atoms with Crippen molar-refractivity contribution in [1.82, 2.24) is 20.4 Å². The summed E-state index contributed by atoms with van der Waals surface area (Å²) in [6.07, 6.45) is 2.96. The van der Waals surface area contributed by atoms with E-state index in [1.807, 2.05) is 53.4 Å². The van der Waals surface area contributed by atoms with Crippen LogP contribution in [0.3, 0.4) is 0 Å². The fourth-order valence-corrected chi connectivity index (χ4v) is 4.37. The van der Waals surface area contributed by atoms with Gasteiger partial charge in [-0.1, -0.05) is 18.2 Å². The number of nitrogens with one attached hydrogen (secondary N) is 2. The highest BCUT2D eigenvalue weighted by Gasteiger charge is 2.50. The molecule has 5 rings (SSSR count). The van der Waals surface area contributed by atoms with Crippen molar-refractivity contribution in [2.45, 2.75) is 18.4 Å². The number of rotatable bonds is 2. The molecule has 3 aromatic rings. The van der Waals surface area contributed by atoms with Crippen LogP contribution in [0.1, 0.15) is 23.2 Å². The molecule has 28 heavy (non-hydrogen) atoms. The number of nitrogens with zero attached hydrogens (tertiary/aromatic N) is 3. The molecule has 1 spiro atoms. The van der Waals surface area contributed by atoms with E-state index in [9.17, 15) is 9.59 Å². The number of amides is 2. The van der Waals surface area contributed by atoms with Crippen LogP contribution in [0.4, 0.5) is 5.69 Å². The molecule has 0 radical (unpaired) electrons. The minimum absolute atomic E-state index is 0.00242. The highest BCUT2D eigenvalue weighted by molar-refractivity contribution is 5.98. The lowest BCUT2D eigenvalue weighted by atomic mass is 9.85. The van der Waals surface area contributed by atoms with Crippen LogP contribution in [0.2, 0.25) is 0 Å². The van der Waals surface area contributed by atoms with Crippen LogP contribution in [0.15, 0.2) is 54.7 Å². The summed E-state index contributed by atoms with van der Waals surface area (Å²) in [6, 6.07) is 15.6. The first-order chi connectivity index (χ1) is 13.7. The van der Waals surface area contributed by atoms with E-state index in [1.54, 1.807) is 6.20 Å². The van der Waals surface area contributed by atoms with Crippen LogP contribution >= 0.6 is 0 Å². The lowest BCUT2D eigenvalue weighted by molar-refractivity contribution is -0.124. The summed E-state index contributed by atoms with van der Waals surface area (Å²) in [5, 5.41) is 10.8. The maximum atomic E-state index is 13.0. The van der Waals surface area contributed by atoms with Gasteiger partial charge in [0.2, 0.25) is 5.91 Å². The van der Waals surface area contributed by atoms with Crippen LogP contribution in [-0.2, 0) is 4.79 Å². The van der Waals surface area contributed by atoms with Crippen LogP contribution < -0.4 is 10.2 Å². The van der Waals surface area contributed by atoms with Gasteiger partial charge in [0.25, 0.3) is 5.91 Å². The summed E-state index contributed by atoms with van der Waals surface area (Å²) in [6.45, 7) is 1.62. The largest absolute Gasteiger partial charge is 0.339 e. The molecule has 2 aromatic carbocycles. The van der Waals surface area contributed by atoms with E-state index in [0.717, 1.165) is 16.6 Å². The average molecular weight is 375 g/mol. The van der Waals surface area contributed by atoms with E-state index in [4.69, 9.17) is 0 Å². The minimum Gasteiger partial charge on any atom is -0.339 e. The second kappa shape index (κ2) is 6.37. The van der Waals surface area contributed by atoms with Crippen molar-refractivity contribution in [3.63, 3.8) is 0 Å². The Kier molecular flexibility index (Phi) is 3.82. The van der Waals surface area contributed by atoms with Gasteiger partial charge >= 0.3 is 0 Å². The molecule has 0 unspecified atom stereocenters. The zero-order valence-corrected chi connectivity index (χ0v) is 15.4. The Hall–Kier alpha value is -3.35. The smallest absolute Gasteiger partial charge is 0.253 e. The van der Waals surface area contributed by atoms with Crippen LogP contribution in [0.25, 0.3) is 10.9 Å². The van der Waals surface area contributed by atoms with E-state index in [0.29, 0.717) is 38.2 Å². The summed E-state index contributed by atoms with van der Waals surface area (Å²) >= 11 is 0. The molecule has 2 saturated heterocycles. The normalized spacial score (nSPS) is 18.6. The highest BCUT2D eigenvalue weighted by Crippen LogP contribution is 2.36. The van der Waals surface area contributed by atoms with E-state index < -0.39 is 5.54 Å². The molecule has 0 bridgehead atoms. The Morgan fingerprint density at radius 3 is 2.64 bits per heavy atom. The van der Waals surface area contributed by atoms with Gasteiger partial charge in [-0.15, -0.1) is 0 Å². The Morgan fingerprint density at radius 2 is 1.86 bits per heavy atom. The van der Waals surface area contributed by atoms with Crippen molar-refractivity contribution in [2.75, 3.05) is 24.7 Å². The number of anilines is 1. The van der Waals surface area contributed by atoms with Gasteiger partial charge in [0.15, 0.2) is 0 Å².